The summed E-state index contributed by atoms with van der Waals surface area (Å²) in [5, 5.41) is 0. The molecule has 0 heterocycles. The minimum Gasteiger partial charge on any atom is -0.523 e. The van der Waals surface area contributed by atoms with Crippen LogP contribution >= 0.6 is 0 Å². The minimum absolute atomic E-state index is 0. The van der Waals surface area contributed by atoms with Crippen molar-refractivity contribution >= 4 is 0 Å². The summed E-state index contributed by atoms with van der Waals surface area (Å²) in [7, 11) is 1.63. The van der Waals surface area contributed by atoms with Gasteiger partial charge in [0.05, 0.1) is 7.11 Å². The third kappa shape index (κ3) is 5.79. The van der Waals surface area contributed by atoms with Gasteiger partial charge in [-0.1, -0.05) is 0 Å². The van der Waals surface area contributed by atoms with Gasteiger partial charge < -0.3 is 4.74 Å². The fourth-order valence-electron chi connectivity index (χ4n) is 0.844. The van der Waals surface area contributed by atoms with Gasteiger partial charge in [-0.2, -0.15) is 24.3 Å². The van der Waals surface area contributed by atoms with E-state index in [4.69, 9.17) is 4.74 Å². The molecule has 2 rings (SSSR count). The third-order valence-electron chi connectivity index (χ3n) is 1.49. The maximum Gasteiger partial charge on any atom is 2.00 e. The zero-order chi connectivity index (χ0) is 9.36. The van der Waals surface area contributed by atoms with Crippen LogP contribution in [0, 0.1) is 12.1 Å². The van der Waals surface area contributed by atoms with E-state index in [2.05, 4.69) is 18.2 Å². The van der Waals surface area contributed by atoms with Gasteiger partial charge in [-0.05, 0) is 0 Å². The van der Waals surface area contributed by atoms with E-state index >= 15 is 0 Å². The molecule has 0 unspecified atom stereocenters. The largest absolute Gasteiger partial charge is 2.00 e. The first-order valence-electron chi connectivity index (χ1n) is 4.16. The Labute approximate surface area is 100 Å². The van der Waals surface area contributed by atoms with Crippen LogP contribution in [0.5, 0.6) is 5.75 Å². The number of hydrogen-bond donors (Lipinski definition) is 0. The van der Waals surface area contributed by atoms with E-state index in [1.54, 1.807) is 7.11 Å². The topological polar surface area (TPSA) is 9.23 Å². The molecule has 1 aromatic carbocycles. The molecule has 0 atom stereocenters. The average Bonchev–Trinajstić information content (AvgIpc) is 2.77. The second-order valence-corrected chi connectivity index (χ2v) is 2.43. The standard InChI is InChI=1S/C7H7O.C5H5.Ti/c1-8-7-5-3-2-4-6-7;1-2-4-5-3-1;/h2-5H,1H3;1-3H,4H2;/q2*-1;+2. The van der Waals surface area contributed by atoms with E-state index in [0.717, 1.165) is 12.2 Å². The molecule has 14 heavy (non-hydrogen) atoms. The number of para-hydroxylation sites is 1. The average molecular weight is 220 g/mol. The third-order valence-corrected chi connectivity index (χ3v) is 1.49. The summed E-state index contributed by atoms with van der Waals surface area (Å²) in [6.45, 7) is 0. The zero-order valence-electron chi connectivity index (χ0n) is 8.16. The maximum atomic E-state index is 4.86. The van der Waals surface area contributed by atoms with Gasteiger partial charge >= 0.3 is 21.7 Å². The first-order valence-corrected chi connectivity index (χ1v) is 4.16. The number of rotatable bonds is 1. The summed E-state index contributed by atoms with van der Waals surface area (Å²) in [6.07, 6.45) is 10.0. The molecule has 0 bridgehead atoms. The molecular weight excluding hydrogens is 208 g/mol. The van der Waals surface area contributed by atoms with Gasteiger partial charge in [0.15, 0.2) is 0 Å². The molecule has 0 saturated carbocycles. The van der Waals surface area contributed by atoms with Gasteiger partial charge in [-0.25, -0.2) is 12.2 Å². The molecule has 2 heteroatoms. The molecule has 1 aliphatic carbocycles. The quantitative estimate of drug-likeness (QED) is 0.522. The summed E-state index contributed by atoms with van der Waals surface area (Å²) in [6, 6.07) is 10.4. The maximum absolute atomic E-state index is 4.86. The fourth-order valence-corrected chi connectivity index (χ4v) is 0.844. The minimum atomic E-state index is 0. The second-order valence-electron chi connectivity index (χ2n) is 2.43. The molecule has 0 radical (unpaired) electrons. The SMILES string of the molecule is COc1[c-]cccc1.[C-]1=CC=CC1.[Ti+2]. The fraction of sp³-hybridized carbons (Fsp3) is 0.167. The molecule has 0 saturated heterocycles. The Kier molecular flexibility index (Phi) is 8.30. The van der Waals surface area contributed by atoms with E-state index < -0.39 is 0 Å². The first-order chi connectivity index (χ1) is 6.43. The molecule has 0 N–H and O–H groups in total. The van der Waals surface area contributed by atoms with Crippen molar-refractivity contribution in [3.8, 4) is 5.75 Å². The molecule has 1 nitrogen and oxygen atoms in total. The summed E-state index contributed by atoms with van der Waals surface area (Å²) >= 11 is 0. The van der Waals surface area contributed by atoms with E-state index in [1.807, 2.05) is 36.4 Å². The van der Waals surface area contributed by atoms with Gasteiger partial charge in [0, 0.05) is 5.75 Å². The van der Waals surface area contributed by atoms with Crippen molar-refractivity contribution in [1.29, 1.82) is 0 Å². The Morgan fingerprint density at radius 3 is 2.50 bits per heavy atom. The van der Waals surface area contributed by atoms with Crippen molar-refractivity contribution in [3.05, 3.63) is 54.6 Å². The number of allylic oxidation sites excluding steroid dienone is 4. The van der Waals surface area contributed by atoms with Crippen molar-refractivity contribution in [3.63, 3.8) is 0 Å². The second kappa shape index (κ2) is 8.80. The van der Waals surface area contributed by atoms with Gasteiger partial charge in [0.2, 0.25) is 0 Å². The van der Waals surface area contributed by atoms with Gasteiger partial charge in [0.25, 0.3) is 0 Å². The van der Waals surface area contributed by atoms with Crippen LogP contribution < -0.4 is 4.74 Å². The van der Waals surface area contributed by atoms with E-state index in [1.165, 1.54) is 0 Å². The van der Waals surface area contributed by atoms with Crippen LogP contribution in [0.2, 0.25) is 0 Å². The monoisotopic (exact) mass is 220 g/mol. The molecule has 0 spiro atoms. The number of hydrogen-bond acceptors (Lipinski definition) is 1. The van der Waals surface area contributed by atoms with Crippen LogP contribution in [0.15, 0.2) is 42.5 Å². The van der Waals surface area contributed by atoms with Crippen molar-refractivity contribution in [2.45, 2.75) is 6.42 Å². The van der Waals surface area contributed by atoms with Crippen LogP contribution in [0.1, 0.15) is 6.42 Å². The smallest absolute Gasteiger partial charge is 0.523 e. The van der Waals surface area contributed by atoms with Gasteiger partial charge in [0.1, 0.15) is 0 Å². The zero-order valence-corrected chi connectivity index (χ0v) is 9.72. The number of methoxy groups -OCH3 is 1. The Balaban J connectivity index is 0.000000246. The van der Waals surface area contributed by atoms with E-state index in [9.17, 15) is 0 Å². The molecule has 0 fully saturated rings. The molecule has 70 valence electrons. The van der Waals surface area contributed by atoms with Crippen LogP contribution in [0.25, 0.3) is 0 Å². The predicted molar refractivity (Wildman–Crippen MR) is 53.4 cm³/mol. The van der Waals surface area contributed by atoms with Gasteiger partial charge in [-0.15, -0.1) is 18.6 Å². The predicted octanol–water partition coefficient (Wildman–Crippen LogP) is 2.80. The molecule has 0 amide bonds. The molecule has 1 aliphatic rings. The van der Waals surface area contributed by atoms with Crippen LogP contribution in [0.3, 0.4) is 0 Å². The number of benzene rings is 1. The van der Waals surface area contributed by atoms with Crippen LogP contribution in [-0.4, -0.2) is 7.11 Å². The van der Waals surface area contributed by atoms with Crippen molar-refractivity contribution in [2.75, 3.05) is 7.11 Å². The van der Waals surface area contributed by atoms with Gasteiger partial charge in [-0.3, -0.25) is 6.08 Å². The Hall–Kier alpha value is -0.786. The summed E-state index contributed by atoms with van der Waals surface area (Å²) in [4.78, 5) is 0. The Morgan fingerprint density at radius 1 is 1.36 bits per heavy atom. The van der Waals surface area contributed by atoms with E-state index in [0.29, 0.717) is 0 Å². The summed E-state index contributed by atoms with van der Waals surface area (Å²) < 4.78 is 4.86. The Bertz CT molecular complexity index is 268. The van der Waals surface area contributed by atoms with Crippen molar-refractivity contribution < 1.29 is 26.5 Å². The summed E-state index contributed by atoms with van der Waals surface area (Å²) in [5.74, 6) is 0.785. The van der Waals surface area contributed by atoms with Crippen LogP contribution in [0.4, 0.5) is 0 Å². The Morgan fingerprint density at radius 2 is 2.21 bits per heavy atom. The molecule has 0 aliphatic heterocycles. The van der Waals surface area contributed by atoms with E-state index in [-0.39, 0.29) is 21.7 Å². The number of ether oxygens (including phenoxy) is 1. The van der Waals surface area contributed by atoms with Crippen molar-refractivity contribution in [2.24, 2.45) is 0 Å². The summed E-state index contributed by atoms with van der Waals surface area (Å²) in [5.41, 5.74) is 0. The van der Waals surface area contributed by atoms with Crippen LogP contribution in [-0.2, 0) is 21.7 Å². The normalized spacial score (nSPS) is 11.2. The molecule has 0 aromatic heterocycles. The first kappa shape index (κ1) is 13.2. The molecule has 1 aromatic rings. The molecular formula is C12H12OTi. The van der Waals surface area contributed by atoms with Crippen molar-refractivity contribution in [1.82, 2.24) is 0 Å².